The molecule has 7 nitrogen and oxygen atoms in total. The van der Waals surface area contributed by atoms with Crippen LogP contribution in [0, 0.1) is 0 Å². The molecular weight excluding hydrogens is 422 g/mol. The van der Waals surface area contributed by atoms with Crippen LogP contribution in [0.3, 0.4) is 0 Å². The molecule has 5 aromatic rings. The first-order chi connectivity index (χ1) is 15.6. The molecule has 158 valence electrons. The van der Waals surface area contributed by atoms with Gasteiger partial charge < -0.3 is 0 Å². The fourth-order valence-electron chi connectivity index (χ4n) is 4.42. The lowest BCUT2D eigenvalue weighted by Crippen LogP contribution is -2.12. The van der Waals surface area contributed by atoms with Gasteiger partial charge in [0.15, 0.2) is 5.65 Å². The van der Waals surface area contributed by atoms with E-state index in [9.17, 15) is 8.42 Å². The van der Waals surface area contributed by atoms with Crippen LogP contribution in [0.4, 0.5) is 0 Å². The van der Waals surface area contributed by atoms with Crippen molar-refractivity contribution in [1.29, 1.82) is 0 Å². The quantitative estimate of drug-likeness (QED) is 0.419. The zero-order valence-electron chi connectivity index (χ0n) is 17.1. The number of aryl methyl sites for hydroxylation is 1. The van der Waals surface area contributed by atoms with Crippen LogP contribution >= 0.6 is 0 Å². The number of nitrogens with zero attached hydrogens (tertiary/aromatic N) is 5. The molecular formula is C24H19N5O2S. The van der Waals surface area contributed by atoms with E-state index in [4.69, 9.17) is 5.10 Å². The molecule has 0 amide bonds. The smallest absolute Gasteiger partial charge is 0.268 e. The monoisotopic (exact) mass is 441 g/mol. The number of fused-ring (bicyclic) bond motifs is 2. The first kappa shape index (κ1) is 18.9. The Kier molecular flexibility index (Phi) is 4.22. The van der Waals surface area contributed by atoms with Crippen LogP contribution in [-0.4, -0.2) is 32.1 Å². The maximum Gasteiger partial charge on any atom is 0.269 e. The van der Waals surface area contributed by atoms with E-state index in [2.05, 4.69) is 9.97 Å². The fraction of sp³-hybridized carbons (Fsp3) is 0.125. The lowest BCUT2D eigenvalue weighted by molar-refractivity contribution is 0.589. The van der Waals surface area contributed by atoms with Gasteiger partial charge in [0.2, 0.25) is 0 Å². The molecule has 0 radical (unpaired) electrons. The van der Waals surface area contributed by atoms with Gasteiger partial charge in [-0.3, -0.25) is 9.67 Å². The second kappa shape index (κ2) is 7.13. The molecule has 8 heteroatoms. The minimum absolute atomic E-state index is 0.222. The second-order valence-corrected chi connectivity index (χ2v) is 9.56. The van der Waals surface area contributed by atoms with Crippen LogP contribution in [0.5, 0.6) is 0 Å². The Morgan fingerprint density at radius 3 is 2.50 bits per heavy atom. The van der Waals surface area contributed by atoms with Gasteiger partial charge in [-0.1, -0.05) is 24.3 Å². The molecule has 0 saturated heterocycles. The standard InChI is InChI=1S/C24H19N5O2S/c30-32(31,17-8-2-1-3-9-17)29-16-19(18-10-6-14-26-24(18)29)22-21-12-7-15-28(21)27-23(22)20-11-4-5-13-25-20/h1-6,8-11,13-14,16H,7,12,15H2. The summed E-state index contributed by atoms with van der Waals surface area (Å²) in [6.45, 7) is 0.842. The molecule has 1 aliphatic heterocycles. The molecule has 0 bridgehead atoms. The van der Waals surface area contributed by atoms with E-state index in [1.165, 1.54) is 3.97 Å². The van der Waals surface area contributed by atoms with Crippen molar-refractivity contribution in [1.82, 2.24) is 23.7 Å². The summed E-state index contributed by atoms with van der Waals surface area (Å²) in [6, 6.07) is 17.9. The first-order valence-electron chi connectivity index (χ1n) is 10.4. The number of pyridine rings is 2. The van der Waals surface area contributed by atoms with Crippen molar-refractivity contribution >= 4 is 21.1 Å². The summed E-state index contributed by atoms with van der Waals surface area (Å²) in [4.78, 5) is 9.18. The molecule has 1 aliphatic rings. The van der Waals surface area contributed by atoms with Crippen molar-refractivity contribution in [3.8, 4) is 22.5 Å². The van der Waals surface area contributed by atoms with Crippen molar-refractivity contribution in [2.45, 2.75) is 24.3 Å². The number of aromatic nitrogens is 5. The molecule has 0 aliphatic carbocycles. The topological polar surface area (TPSA) is 82.7 Å². The summed E-state index contributed by atoms with van der Waals surface area (Å²) >= 11 is 0. The van der Waals surface area contributed by atoms with Crippen molar-refractivity contribution in [2.24, 2.45) is 0 Å². The van der Waals surface area contributed by atoms with Gasteiger partial charge in [0.05, 0.1) is 10.6 Å². The highest BCUT2D eigenvalue weighted by molar-refractivity contribution is 7.90. The third-order valence-corrected chi connectivity index (χ3v) is 7.51. The van der Waals surface area contributed by atoms with Gasteiger partial charge in [-0.15, -0.1) is 0 Å². The molecule has 0 fully saturated rings. The summed E-state index contributed by atoms with van der Waals surface area (Å²) in [5, 5.41) is 5.62. The normalized spacial score (nSPS) is 13.5. The van der Waals surface area contributed by atoms with Crippen molar-refractivity contribution < 1.29 is 8.42 Å². The Morgan fingerprint density at radius 2 is 1.69 bits per heavy atom. The van der Waals surface area contributed by atoms with Crippen molar-refractivity contribution in [3.05, 3.63) is 84.9 Å². The Labute approximate surface area is 185 Å². The van der Waals surface area contributed by atoms with Gasteiger partial charge in [-0.25, -0.2) is 17.4 Å². The molecule has 0 N–H and O–H groups in total. The molecule has 6 rings (SSSR count). The number of hydrogen-bond acceptors (Lipinski definition) is 5. The van der Waals surface area contributed by atoms with E-state index in [1.807, 2.05) is 35.0 Å². The molecule has 0 atom stereocenters. The van der Waals surface area contributed by atoms with E-state index < -0.39 is 10.0 Å². The summed E-state index contributed by atoms with van der Waals surface area (Å²) < 4.78 is 30.3. The van der Waals surface area contributed by atoms with Crippen molar-refractivity contribution in [3.63, 3.8) is 0 Å². The van der Waals surface area contributed by atoms with Gasteiger partial charge in [0.25, 0.3) is 10.0 Å². The fourth-order valence-corrected chi connectivity index (χ4v) is 5.76. The van der Waals surface area contributed by atoms with Gasteiger partial charge in [-0.2, -0.15) is 5.10 Å². The molecule has 4 aromatic heterocycles. The Bertz CT molecular complexity index is 1550. The lowest BCUT2D eigenvalue weighted by Gasteiger charge is -2.06. The molecule has 32 heavy (non-hydrogen) atoms. The summed E-state index contributed by atoms with van der Waals surface area (Å²) in [6.07, 6.45) is 6.94. The van der Waals surface area contributed by atoms with Crippen LogP contribution in [0.2, 0.25) is 0 Å². The van der Waals surface area contributed by atoms with Crippen molar-refractivity contribution in [2.75, 3.05) is 0 Å². The van der Waals surface area contributed by atoms with Crippen LogP contribution in [-0.2, 0) is 23.0 Å². The van der Waals surface area contributed by atoms with Crippen LogP contribution in [0.1, 0.15) is 12.1 Å². The van der Waals surface area contributed by atoms with Crippen LogP contribution < -0.4 is 0 Å². The number of rotatable bonds is 4. The molecule has 5 heterocycles. The average molecular weight is 442 g/mol. The lowest BCUT2D eigenvalue weighted by atomic mass is 10.00. The minimum Gasteiger partial charge on any atom is -0.268 e. The first-order valence-corrected chi connectivity index (χ1v) is 11.9. The third-order valence-electron chi connectivity index (χ3n) is 5.85. The maximum atomic E-state index is 13.5. The SMILES string of the molecule is O=S(=O)(c1ccccc1)n1cc(-c2c(-c3ccccn3)nn3c2CCC3)c2cccnc21. The Hall–Kier alpha value is -3.78. The summed E-state index contributed by atoms with van der Waals surface area (Å²) in [5.41, 5.74) is 4.76. The van der Waals surface area contributed by atoms with Gasteiger partial charge in [0.1, 0.15) is 5.69 Å². The molecule has 0 spiro atoms. The highest BCUT2D eigenvalue weighted by Crippen LogP contribution is 2.41. The third kappa shape index (κ3) is 2.80. The Balaban J connectivity index is 1.65. The Morgan fingerprint density at radius 1 is 0.875 bits per heavy atom. The molecule has 0 saturated carbocycles. The zero-order chi connectivity index (χ0) is 21.7. The number of benzene rings is 1. The largest absolute Gasteiger partial charge is 0.269 e. The summed E-state index contributed by atoms with van der Waals surface area (Å²) in [7, 11) is -3.82. The van der Waals surface area contributed by atoms with Gasteiger partial charge >= 0.3 is 0 Å². The minimum atomic E-state index is -3.82. The van der Waals surface area contributed by atoms with E-state index in [-0.39, 0.29) is 4.90 Å². The summed E-state index contributed by atoms with van der Waals surface area (Å²) in [5.74, 6) is 0. The van der Waals surface area contributed by atoms with Crippen LogP contribution in [0.15, 0.2) is 84.1 Å². The number of hydrogen-bond donors (Lipinski definition) is 0. The van der Waals surface area contributed by atoms with Gasteiger partial charge in [-0.05, 0) is 49.2 Å². The second-order valence-electron chi connectivity index (χ2n) is 7.74. The molecule has 1 aromatic carbocycles. The molecule has 0 unspecified atom stereocenters. The highest BCUT2D eigenvalue weighted by Gasteiger charge is 2.29. The predicted octanol–water partition coefficient (Wildman–Crippen LogP) is 4.15. The van der Waals surface area contributed by atoms with E-state index in [0.717, 1.165) is 53.0 Å². The maximum absolute atomic E-state index is 13.5. The van der Waals surface area contributed by atoms with E-state index in [1.54, 1.807) is 48.9 Å². The zero-order valence-corrected chi connectivity index (χ0v) is 17.9. The van der Waals surface area contributed by atoms with Gasteiger partial charge in [0, 0.05) is 47.3 Å². The predicted molar refractivity (Wildman–Crippen MR) is 122 cm³/mol. The van der Waals surface area contributed by atoms with E-state index in [0.29, 0.717) is 5.65 Å². The van der Waals surface area contributed by atoms with E-state index >= 15 is 0 Å². The van der Waals surface area contributed by atoms with Crippen LogP contribution in [0.25, 0.3) is 33.5 Å². The average Bonchev–Trinajstić information content (AvgIpc) is 3.53. The highest BCUT2D eigenvalue weighted by atomic mass is 32.2.